The van der Waals surface area contributed by atoms with E-state index in [-0.39, 0.29) is 76.6 Å². The van der Waals surface area contributed by atoms with Gasteiger partial charge in [0, 0.05) is 108 Å². The molecule has 4 heterocycles. The molecule has 15 rings (SSSR count). The Hall–Kier alpha value is -9.78. The quantitative estimate of drug-likeness (QED) is 0.0289. The minimum Gasteiger partial charge on any atom is -0.481 e. The molecule has 95 heavy (non-hydrogen) atoms. The maximum absolute atomic E-state index is 12.6. The van der Waals surface area contributed by atoms with E-state index in [1.165, 1.54) is 23.6 Å². The van der Waals surface area contributed by atoms with Gasteiger partial charge in [-0.1, -0.05) is 121 Å². The van der Waals surface area contributed by atoms with Gasteiger partial charge in [0.25, 0.3) is 5.91 Å². The molecule has 4 amide bonds. The molecule has 4 saturated carbocycles. The number of carboxylic acid groups (broad SMARTS) is 1. The molecule has 8 N–H and O–H groups in total. The van der Waals surface area contributed by atoms with Crippen molar-refractivity contribution in [3.05, 3.63) is 232 Å². The predicted molar refractivity (Wildman–Crippen MR) is 370 cm³/mol. The number of carbonyl (C=O) groups is 8. The Labute approximate surface area is 561 Å². The fourth-order valence-electron chi connectivity index (χ4n) is 12.0. The number of carboxylic acids is 1. The van der Waals surface area contributed by atoms with Crippen LogP contribution < -0.4 is 21.4 Å². The van der Waals surface area contributed by atoms with Crippen molar-refractivity contribution >= 4 is 142 Å². The smallest absolute Gasteiger partial charge is 0.339 e. The number of nitrogens with zero attached hydrogens (tertiary/aromatic N) is 1. The molecule has 3 unspecified atom stereocenters. The SMILES string of the molecule is CC(=O)c1cc(NC(=O)C2C[C@H]2c2ccccc2)cc2[nH]cc(C=O)c12.CC(=O)c1cc(NC(=O)C2C[C@H]2c2ccccc2)cc2[nH]ccc12.O=C(O)C1C[C@H]1c1ccccc1.O=C1NN=Cc2c[nH]c3cc(NC(=O)[C@@H]4C[C@H]4c4ccccc4)cc1c23.O=P(Cl)(Cl)Cl.[2H]CF. The Morgan fingerprint density at radius 3 is 1.38 bits per heavy atom. The first-order valence-electron chi connectivity index (χ1n) is 30.9. The third-order valence-corrected chi connectivity index (χ3v) is 17.0. The van der Waals surface area contributed by atoms with E-state index >= 15 is 0 Å². The Morgan fingerprint density at radius 2 is 0.958 bits per heavy atom. The van der Waals surface area contributed by atoms with Crippen molar-refractivity contribution < 1.29 is 53.8 Å². The average Bonchev–Trinajstić information content (AvgIpc) is 1.57. The van der Waals surface area contributed by atoms with E-state index in [2.05, 4.69) is 99.4 Å². The number of aromatic amines is 3. The van der Waals surface area contributed by atoms with Crippen LogP contribution in [0.15, 0.2) is 187 Å². The minimum atomic E-state index is -3.22. The van der Waals surface area contributed by atoms with Gasteiger partial charge in [-0.3, -0.25) is 47.3 Å². The number of anilines is 3. The Kier molecular flexibility index (Phi) is 21.1. The molecule has 4 aliphatic carbocycles. The first kappa shape index (κ1) is 66.7. The van der Waals surface area contributed by atoms with Crippen LogP contribution in [0.5, 0.6) is 0 Å². The highest BCUT2D eigenvalue weighted by molar-refractivity contribution is 8.24. The number of aldehydes is 1. The summed E-state index contributed by atoms with van der Waals surface area (Å²) in [7, 11) is -1.00. The van der Waals surface area contributed by atoms with Crippen molar-refractivity contribution in [2.75, 3.05) is 23.1 Å². The number of alkyl halides is 1. The van der Waals surface area contributed by atoms with Crippen LogP contribution in [-0.2, 0) is 23.7 Å². The molecule has 18 nitrogen and oxygen atoms in total. The molecule has 7 aromatic carbocycles. The summed E-state index contributed by atoms with van der Waals surface area (Å²) in [4.78, 5) is 105. The van der Waals surface area contributed by atoms with Gasteiger partial charge in [-0.2, -0.15) is 5.10 Å². The summed E-state index contributed by atoms with van der Waals surface area (Å²) in [5.74, 6) is -0.260. The number of benzene rings is 7. The lowest BCUT2D eigenvalue weighted by atomic mass is 10.0. The number of hydrogen-bond acceptors (Lipinski definition) is 10. The number of rotatable bonds is 14. The van der Waals surface area contributed by atoms with E-state index in [1.807, 2.05) is 115 Å². The number of nitrogens with one attached hydrogen (secondary N) is 7. The summed E-state index contributed by atoms with van der Waals surface area (Å²) < 4.78 is 25.0. The van der Waals surface area contributed by atoms with Crippen molar-refractivity contribution in [2.24, 2.45) is 28.8 Å². The Balaban J connectivity index is 0.000000137. The van der Waals surface area contributed by atoms with Gasteiger partial charge in [-0.25, -0.2) is 5.43 Å². The second-order valence-electron chi connectivity index (χ2n) is 23.4. The van der Waals surface area contributed by atoms with Crippen LogP contribution in [0.1, 0.15) is 134 Å². The second kappa shape index (κ2) is 30.1. The molecule has 8 atom stereocenters. The molecule has 0 radical (unpaired) electrons. The summed E-state index contributed by atoms with van der Waals surface area (Å²) in [5, 5.41) is 20.5. The van der Waals surface area contributed by atoms with Gasteiger partial charge >= 0.3 is 11.2 Å². The van der Waals surface area contributed by atoms with Crippen LogP contribution in [0.25, 0.3) is 32.7 Å². The van der Waals surface area contributed by atoms with Crippen LogP contribution in [-0.4, -0.2) is 80.9 Å². The number of hydrogen-bond donors (Lipinski definition) is 8. The molecule has 5 aliphatic rings. The van der Waals surface area contributed by atoms with E-state index in [4.69, 9.17) is 6.48 Å². The number of ketones is 2. The lowest BCUT2D eigenvalue weighted by molar-refractivity contribution is -0.138. The fraction of sp³-hybridized carbons (Fsp3) is 0.208. The lowest BCUT2D eigenvalue weighted by Crippen LogP contribution is -2.18. The molecule has 0 saturated heterocycles. The summed E-state index contributed by atoms with van der Waals surface area (Å²) >= 11 is 13.8. The molecule has 486 valence electrons. The highest BCUT2D eigenvalue weighted by atomic mass is 36.0. The van der Waals surface area contributed by atoms with Gasteiger partial charge in [0.2, 0.25) is 17.7 Å². The van der Waals surface area contributed by atoms with Crippen LogP contribution in [0.3, 0.4) is 0 Å². The number of aromatic nitrogens is 3. The molecule has 1 aliphatic heterocycles. The first-order chi connectivity index (χ1) is 46.1. The van der Waals surface area contributed by atoms with Gasteiger partial charge in [-0.05, 0) is 162 Å². The molecular formula is C72H65Cl3FN8O10P. The Bertz CT molecular complexity index is 4520. The Morgan fingerprint density at radius 1 is 0.568 bits per heavy atom. The maximum atomic E-state index is 12.6. The number of carbonyl (C=O) groups excluding carboxylic acids is 7. The number of amides is 4. The average molecular weight is 1360 g/mol. The van der Waals surface area contributed by atoms with Crippen LogP contribution in [0.2, 0.25) is 0 Å². The summed E-state index contributed by atoms with van der Waals surface area (Å²) in [6.07, 6.45) is 10.9. The zero-order chi connectivity index (χ0) is 68.4. The molecule has 0 spiro atoms. The molecule has 10 aromatic rings. The highest BCUT2D eigenvalue weighted by Crippen LogP contribution is 2.61. The van der Waals surface area contributed by atoms with E-state index in [9.17, 15) is 47.3 Å². The highest BCUT2D eigenvalue weighted by Gasteiger charge is 2.46. The van der Waals surface area contributed by atoms with E-state index in [0.29, 0.717) is 56.1 Å². The standard InChI is InChI=1S/C21H18N2O3.C20H16N4O2.C20H18N2O2.C10H10O2.CH3F.Cl3OP/c1-12(25)16-7-15(8-19-20(16)14(11-24)10-22-19)23-21(26)18-9-17(18)13-5-3-2-4-6-13;25-19(15-8-14(15)11-4-2-1-3-5-11)23-13-6-16-18-12(9-21-17(18)7-13)10-22-24-20(16)26;1-12(23)16-9-14(10-19-15(16)7-8-21-19)22-20(24)18-11-17(18)13-5-3-2-4-6-13;11-10(12)9-6-8(9)7-4-2-1-3-5-7;1-2;1-5(2,3)4/h2-8,10-11,17-18,22H,9H2,1H3,(H,23,26);1-7,9-10,14-15,21H,8H2,(H,23,25)(H,24,26);2-10,17-18,21H,11H2,1H3,(H,22,24);1-5,8-9H,6H2,(H,11,12);1H3;/t17-,18?;14-,15+;17-,18?;8-,9?;;/m0000../s1/i;;;;1D;. The van der Waals surface area contributed by atoms with Crippen molar-refractivity contribution in [1.82, 2.24) is 20.4 Å². The zero-order valence-electron chi connectivity index (χ0n) is 52.2. The topological polar surface area (TPSA) is 282 Å². The maximum Gasteiger partial charge on any atom is 0.339 e. The third-order valence-electron chi connectivity index (χ3n) is 17.0. The van der Waals surface area contributed by atoms with Crippen molar-refractivity contribution in [1.29, 1.82) is 0 Å². The van der Waals surface area contributed by atoms with E-state index in [0.717, 1.165) is 64.9 Å². The van der Waals surface area contributed by atoms with E-state index in [1.54, 1.807) is 56.0 Å². The predicted octanol–water partition coefficient (Wildman–Crippen LogP) is 16.3. The summed E-state index contributed by atoms with van der Waals surface area (Å²) in [6.45, 7) is 2.99. The van der Waals surface area contributed by atoms with Crippen molar-refractivity contribution in [3.8, 4) is 0 Å². The van der Waals surface area contributed by atoms with Gasteiger partial charge in [-0.15, -0.1) is 0 Å². The molecule has 0 bridgehead atoms. The van der Waals surface area contributed by atoms with Crippen molar-refractivity contribution in [2.45, 2.75) is 63.2 Å². The van der Waals surface area contributed by atoms with Crippen LogP contribution in [0.4, 0.5) is 21.5 Å². The number of halogens is 4. The lowest BCUT2D eigenvalue weighted by Gasteiger charge is -2.08. The summed E-state index contributed by atoms with van der Waals surface area (Å²) in [5.41, 5.74) is 14.2. The summed E-state index contributed by atoms with van der Waals surface area (Å²) in [6, 6.07) is 52.5. The zero-order valence-corrected chi connectivity index (χ0v) is 54.3. The van der Waals surface area contributed by atoms with Crippen LogP contribution >= 0.6 is 38.9 Å². The van der Waals surface area contributed by atoms with E-state index < -0.39 is 18.3 Å². The monoisotopic (exact) mass is 1360 g/mol. The molecule has 23 heteroatoms. The van der Waals surface area contributed by atoms with Crippen LogP contribution in [0, 0.1) is 23.7 Å². The largest absolute Gasteiger partial charge is 0.481 e. The molecule has 4 fully saturated rings. The molecule has 3 aromatic heterocycles. The first-order valence-corrected chi connectivity index (χ1v) is 34.7. The second-order valence-corrected chi connectivity index (χ2v) is 30.1. The number of hydrazone groups is 1. The van der Waals surface area contributed by atoms with Gasteiger partial charge in [0.15, 0.2) is 17.9 Å². The molecular weight excluding hydrogens is 1290 g/mol. The fourth-order valence-corrected chi connectivity index (χ4v) is 12.0. The number of H-pyrrole nitrogens is 3. The number of aliphatic carboxylic acids is 1. The third kappa shape index (κ3) is 17.1. The number of fused-ring (bicyclic) bond motifs is 2. The van der Waals surface area contributed by atoms with Gasteiger partial charge in [0.05, 0.1) is 26.2 Å². The minimum absolute atomic E-state index is 0.00696. The van der Waals surface area contributed by atoms with Crippen molar-refractivity contribution in [3.63, 3.8) is 0 Å². The van der Waals surface area contributed by atoms with Gasteiger partial charge < -0.3 is 36.0 Å². The van der Waals surface area contributed by atoms with Gasteiger partial charge in [0.1, 0.15) is 0 Å². The normalized spacial score (nSPS) is 19.7. The number of Topliss-reactive ketones (excluding diaryl/α,β-unsaturated/α-hetero) is 2.